The third kappa shape index (κ3) is 4.21. The van der Waals surface area contributed by atoms with Gasteiger partial charge in [-0.05, 0) is 48.9 Å². The molecule has 2 rings (SSSR count). The second-order valence-corrected chi connectivity index (χ2v) is 4.56. The number of rotatable bonds is 6. The summed E-state index contributed by atoms with van der Waals surface area (Å²) < 4.78 is 18.6. The number of aromatic carboxylic acids is 1. The van der Waals surface area contributed by atoms with Crippen LogP contribution in [-0.2, 0) is 0 Å². The molecular weight excluding hydrogens is 273 g/mol. The largest absolute Gasteiger partial charge is 0.492 e. The molecule has 0 fully saturated rings. The zero-order valence-corrected chi connectivity index (χ0v) is 11.6. The van der Waals surface area contributed by atoms with E-state index in [1.54, 1.807) is 18.2 Å². The first-order valence-electron chi connectivity index (χ1n) is 6.52. The number of carboxylic acid groups (broad SMARTS) is 1. The molecule has 0 bridgehead atoms. The van der Waals surface area contributed by atoms with Crippen molar-refractivity contribution >= 4 is 11.7 Å². The van der Waals surface area contributed by atoms with E-state index in [1.165, 1.54) is 24.3 Å². The van der Waals surface area contributed by atoms with Gasteiger partial charge in [-0.15, -0.1) is 0 Å². The normalized spacial score (nSPS) is 10.2. The van der Waals surface area contributed by atoms with Gasteiger partial charge in [-0.1, -0.05) is 6.07 Å². The zero-order chi connectivity index (χ0) is 15.2. The number of carboxylic acids is 1. The van der Waals surface area contributed by atoms with Crippen LogP contribution in [0.1, 0.15) is 15.9 Å². The fraction of sp³-hybridized carbons (Fsp3) is 0.188. The van der Waals surface area contributed by atoms with E-state index in [2.05, 4.69) is 5.32 Å². The standard InChI is InChI=1S/C16H16FNO3/c1-11-2-5-13(17)10-15(11)18-8-9-21-14-6-3-12(4-7-14)16(19)20/h2-7,10,18H,8-9H2,1H3,(H,19,20). The number of halogens is 1. The predicted octanol–water partition coefficient (Wildman–Crippen LogP) is 3.32. The first-order valence-corrected chi connectivity index (χ1v) is 6.52. The molecule has 0 heterocycles. The van der Waals surface area contributed by atoms with E-state index in [0.29, 0.717) is 18.9 Å². The van der Waals surface area contributed by atoms with Crippen LogP contribution >= 0.6 is 0 Å². The fourth-order valence-electron chi connectivity index (χ4n) is 1.83. The minimum atomic E-state index is -0.968. The Bertz CT molecular complexity index is 626. The highest BCUT2D eigenvalue weighted by molar-refractivity contribution is 5.87. The summed E-state index contributed by atoms with van der Waals surface area (Å²) in [6.45, 7) is 2.81. The van der Waals surface area contributed by atoms with Crippen LogP contribution < -0.4 is 10.1 Å². The van der Waals surface area contributed by atoms with E-state index >= 15 is 0 Å². The predicted molar refractivity (Wildman–Crippen MR) is 78.5 cm³/mol. The lowest BCUT2D eigenvalue weighted by molar-refractivity contribution is 0.0697. The third-order valence-electron chi connectivity index (χ3n) is 2.99. The van der Waals surface area contributed by atoms with Crippen molar-refractivity contribution in [1.29, 1.82) is 0 Å². The lowest BCUT2D eigenvalue weighted by Gasteiger charge is -2.11. The first kappa shape index (κ1) is 14.8. The van der Waals surface area contributed by atoms with E-state index in [-0.39, 0.29) is 11.4 Å². The highest BCUT2D eigenvalue weighted by atomic mass is 19.1. The van der Waals surface area contributed by atoms with E-state index in [9.17, 15) is 9.18 Å². The number of ether oxygens (including phenoxy) is 1. The second kappa shape index (κ2) is 6.74. The van der Waals surface area contributed by atoms with Gasteiger partial charge >= 0.3 is 5.97 Å². The molecule has 0 saturated carbocycles. The first-order chi connectivity index (χ1) is 10.1. The Hall–Kier alpha value is -2.56. The van der Waals surface area contributed by atoms with Gasteiger partial charge in [0.15, 0.2) is 0 Å². The average Bonchev–Trinajstić information content (AvgIpc) is 2.47. The Balaban J connectivity index is 1.81. The van der Waals surface area contributed by atoms with Gasteiger partial charge in [0.2, 0.25) is 0 Å². The molecule has 110 valence electrons. The monoisotopic (exact) mass is 289 g/mol. The summed E-state index contributed by atoms with van der Waals surface area (Å²) in [4.78, 5) is 10.7. The minimum absolute atomic E-state index is 0.218. The smallest absolute Gasteiger partial charge is 0.335 e. The van der Waals surface area contributed by atoms with E-state index in [1.807, 2.05) is 6.92 Å². The van der Waals surface area contributed by atoms with Crippen LogP contribution in [0.4, 0.5) is 10.1 Å². The Labute approximate surface area is 122 Å². The number of hydrogen-bond donors (Lipinski definition) is 2. The Morgan fingerprint density at radius 3 is 2.62 bits per heavy atom. The molecule has 0 aliphatic rings. The highest BCUT2D eigenvalue weighted by Gasteiger charge is 2.02. The van der Waals surface area contributed by atoms with E-state index < -0.39 is 5.97 Å². The molecule has 0 aliphatic carbocycles. The van der Waals surface area contributed by atoms with Crippen molar-refractivity contribution in [2.45, 2.75) is 6.92 Å². The number of aryl methyl sites for hydroxylation is 1. The number of nitrogens with one attached hydrogen (secondary N) is 1. The van der Waals surface area contributed by atoms with Gasteiger partial charge in [-0.3, -0.25) is 0 Å². The quantitative estimate of drug-likeness (QED) is 0.801. The summed E-state index contributed by atoms with van der Waals surface area (Å²) in [7, 11) is 0. The van der Waals surface area contributed by atoms with Crippen LogP contribution in [0.5, 0.6) is 5.75 Å². The Morgan fingerprint density at radius 2 is 1.95 bits per heavy atom. The SMILES string of the molecule is Cc1ccc(F)cc1NCCOc1ccc(C(=O)O)cc1. The molecular formula is C16H16FNO3. The van der Waals surface area contributed by atoms with Gasteiger partial charge in [-0.2, -0.15) is 0 Å². The van der Waals surface area contributed by atoms with Crippen molar-refractivity contribution in [3.05, 3.63) is 59.4 Å². The molecule has 21 heavy (non-hydrogen) atoms. The summed E-state index contributed by atoms with van der Waals surface area (Å²) in [5, 5.41) is 11.9. The molecule has 0 aromatic heterocycles. The summed E-state index contributed by atoms with van der Waals surface area (Å²) in [6.07, 6.45) is 0. The second-order valence-electron chi connectivity index (χ2n) is 4.56. The van der Waals surface area contributed by atoms with Crippen molar-refractivity contribution < 1.29 is 19.0 Å². The molecule has 0 saturated heterocycles. The summed E-state index contributed by atoms with van der Waals surface area (Å²) in [5.41, 5.74) is 1.91. The van der Waals surface area contributed by atoms with E-state index in [0.717, 1.165) is 11.3 Å². The zero-order valence-electron chi connectivity index (χ0n) is 11.6. The van der Waals surface area contributed by atoms with Crippen LogP contribution in [0, 0.1) is 12.7 Å². The van der Waals surface area contributed by atoms with Gasteiger partial charge in [0.05, 0.1) is 5.56 Å². The Kier molecular flexibility index (Phi) is 4.77. The number of anilines is 1. The maximum atomic E-state index is 13.1. The maximum Gasteiger partial charge on any atom is 0.335 e. The fourth-order valence-corrected chi connectivity index (χ4v) is 1.83. The molecule has 0 amide bonds. The molecule has 5 heteroatoms. The van der Waals surface area contributed by atoms with Crippen LogP contribution in [0.2, 0.25) is 0 Å². The van der Waals surface area contributed by atoms with Crippen LogP contribution in [-0.4, -0.2) is 24.2 Å². The summed E-state index contributed by atoms with van der Waals surface area (Å²) in [6, 6.07) is 10.8. The number of carbonyl (C=O) groups is 1. The average molecular weight is 289 g/mol. The van der Waals surface area contributed by atoms with Gasteiger partial charge in [0.1, 0.15) is 18.2 Å². The van der Waals surface area contributed by atoms with Crippen molar-refractivity contribution in [2.75, 3.05) is 18.5 Å². The molecule has 4 nitrogen and oxygen atoms in total. The van der Waals surface area contributed by atoms with Crippen molar-refractivity contribution in [3.8, 4) is 5.75 Å². The van der Waals surface area contributed by atoms with Crippen molar-refractivity contribution in [3.63, 3.8) is 0 Å². The minimum Gasteiger partial charge on any atom is -0.492 e. The topological polar surface area (TPSA) is 58.6 Å². The summed E-state index contributed by atoms with van der Waals surface area (Å²) in [5.74, 6) is -0.657. The van der Waals surface area contributed by atoms with Gasteiger partial charge in [-0.25, -0.2) is 9.18 Å². The van der Waals surface area contributed by atoms with Gasteiger partial charge in [0.25, 0.3) is 0 Å². The maximum absolute atomic E-state index is 13.1. The van der Waals surface area contributed by atoms with Crippen LogP contribution in [0.25, 0.3) is 0 Å². The third-order valence-corrected chi connectivity index (χ3v) is 2.99. The molecule has 2 aromatic rings. The Morgan fingerprint density at radius 1 is 1.24 bits per heavy atom. The molecule has 0 radical (unpaired) electrons. The molecule has 0 spiro atoms. The van der Waals surface area contributed by atoms with Crippen LogP contribution in [0.15, 0.2) is 42.5 Å². The summed E-state index contributed by atoms with van der Waals surface area (Å²) >= 11 is 0. The molecule has 2 N–H and O–H groups in total. The molecule has 0 aliphatic heterocycles. The lowest BCUT2D eigenvalue weighted by atomic mass is 10.2. The van der Waals surface area contributed by atoms with Gasteiger partial charge < -0.3 is 15.2 Å². The van der Waals surface area contributed by atoms with Crippen LogP contribution in [0.3, 0.4) is 0 Å². The molecule has 0 atom stereocenters. The van der Waals surface area contributed by atoms with Crippen molar-refractivity contribution in [1.82, 2.24) is 0 Å². The molecule has 2 aromatic carbocycles. The molecule has 0 unspecified atom stereocenters. The highest BCUT2D eigenvalue weighted by Crippen LogP contribution is 2.16. The number of benzene rings is 2. The van der Waals surface area contributed by atoms with E-state index in [4.69, 9.17) is 9.84 Å². The number of hydrogen-bond acceptors (Lipinski definition) is 3. The lowest BCUT2D eigenvalue weighted by Crippen LogP contribution is -2.12. The van der Waals surface area contributed by atoms with Crippen molar-refractivity contribution in [2.24, 2.45) is 0 Å². The van der Waals surface area contributed by atoms with Gasteiger partial charge in [0, 0.05) is 12.2 Å².